The zero-order valence-corrected chi connectivity index (χ0v) is 19.8. The van der Waals surface area contributed by atoms with Crippen LogP contribution in [0.25, 0.3) is 5.69 Å². The van der Waals surface area contributed by atoms with Crippen molar-refractivity contribution in [3.05, 3.63) is 64.8 Å². The summed E-state index contributed by atoms with van der Waals surface area (Å²) in [6.45, 7) is 7.52. The maximum absolute atomic E-state index is 13.1. The van der Waals surface area contributed by atoms with Crippen LogP contribution in [-0.4, -0.2) is 42.4 Å². The minimum atomic E-state index is -0.189. The van der Waals surface area contributed by atoms with Gasteiger partial charge in [0.1, 0.15) is 17.6 Å². The number of carbonyl (C=O) groups is 1. The van der Waals surface area contributed by atoms with E-state index in [4.69, 9.17) is 14.2 Å². The van der Waals surface area contributed by atoms with Gasteiger partial charge in [-0.2, -0.15) is 5.26 Å². The quantitative estimate of drug-likeness (QED) is 0.543. The van der Waals surface area contributed by atoms with E-state index < -0.39 is 0 Å². The zero-order valence-electron chi connectivity index (χ0n) is 19.8. The van der Waals surface area contributed by atoms with Crippen LogP contribution in [0.15, 0.2) is 42.5 Å². The molecule has 0 saturated carbocycles. The fourth-order valence-corrected chi connectivity index (χ4v) is 4.07. The van der Waals surface area contributed by atoms with E-state index in [9.17, 15) is 10.1 Å². The van der Waals surface area contributed by atoms with E-state index in [2.05, 4.69) is 11.4 Å². The molecule has 2 aromatic carbocycles. The predicted octanol–water partition coefficient (Wildman–Crippen LogP) is 4.16. The predicted molar refractivity (Wildman–Crippen MR) is 129 cm³/mol. The number of hydrogen-bond acceptors (Lipinski definition) is 6. The van der Waals surface area contributed by atoms with E-state index in [0.29, 0.717) is 24.5 Å². The van der Waals surface area contributed by atoms with Crippen molar-refractivity contribution in [2.75, 3.05) is 32.3 Å². The Hall–Kier alpha value is -3.96. The molecule has 0 atom stereocenters. The largest absolute Gasteiger partial charge is 0.497 e. The topological polar surface area (TPSA) is 88.8 Å². The number of aromatic nitrogens is 1. The Labute approximate surface area is 199 Å². The van der Waals surface area contributed by atoms with Gasteiger partial charge in [0.05, 0.1) is 19.2 Å². The average Bonchev–Trinajstić information content (AvgIpc) is 3.40. The van der Waals surface area contributed by atoms with Crippen LogP contribution in [0.1, 0.15) is 29.3 Å². The molecular formula is C26H28N4O4. The van der Waals surface area contributed by atoms with Crippen molar-refractivity contribution in [1.29, 1.82) is 5.26 Å². The number of methoxy groups -OCH3 is 1. The van der Waals surface area contributed by atoms with Gasteiger partial charge in [0, 0.05) is 17.9 Å². The van der Waals surface area contributed by atoms with Gasteiger partial charge in [0.2, 0.25) is 12.7 Å². The molecule has 0 spiro atoms. The van der Waals surface area contributed by atoms with E-state index in [0.717, 1.165) is 39.8 Å². The molecule has 1 aliphatic heterocycles. The lowest BCUT2D eigenvalue weighted by Crippen LogP contribution is -2.33. The summed E-state index contributed by atoms with van der Waals surface area (Å²) in [7, 11) is 1.61. The summed E-state index contributed by atoms with van der Waals surface area (Å²) in [4.78, 5) is 15.1. The molecule has 1 N–H and O–H groups in total. The van der Waals surface area contributed by atoms with Gasteiger partial charge in [0.25, 0.3) is 0 Å². The summed E-state index contributed by atoms with van der Waals surface area (Å²) in [5.74, 6) is 2.48. The molecule has 1 aromatic heterocycles. The molecule has 1 amide bonds. The van der Waals surface area contributed by atoms with Gasteiger partial charge in [-0.1, -0.05) is 13.0 Å². The van der Waals surface area contributed by atoms with Crippen molar-refractivity contribution in [3.63, 3.8) is 0 Å². The second-order valence-corrected chi connectivity index (χ2v) is 8.12. The number of anilines is 1. The van der Waals surface area contributed by atoms with Crippen LogP contribution in [0.4, 0.5) is 5.82 Å². The lowest BCUT2D eigenvalue weighted by atomic mass is 10.2. The Morgan fingerprint density at radius 2 is 1.91 bits per heavy atom. The van der Waals surface area contributed by atoms with Crippen molar-refractivity contribution in [3.8, 4) is 29.0 Å². The third-order valence-corrected chi connectivity index (χ3v) is 6.07. The van der Waals surface area contributed by atoms with Crippen molar-refractivity contribution in [2.24, 2.45) is 0 Å². The van der Waals surface area contributed by atoms with Crippen LogP contribution in [-0.2, 0) is 11.3 Å². The highest BCUT2D eigenvalue weighted by molar-refractivity contribution is 5.93. The van der Waals surface area contributed by atoms with E-state index in [-0.39, 0.29) is 19.2 Å². The summed E-state index contributed by atoms with van der Waals surface area (Å²) in [5, 5.41) is 12.8. The van der Waals surface area contributed by atoms with Crippen LogP contribution in [0.2, 0.25) is 0 Å². The van der Waals surface area contributed by atoms with Gasteiger partial charge in [-0.3, -0.25) is 14.3 Å². The first-order chi connectivity index (χ1) is 16.4. The normalized spacial score (nSPS) is 12.0. The number of benzene rings is 2. The Morgan fingerprint density at radius 1 is 1.18 bits per heavy atom. The van der Waals surface area contributed by atoms with Gasteiger partial charge in [-0.25, -0.2) is 0 Å². The lowest BCUT2D eigenvalue weighted by Gasteiger charge is -2.21. The highest BCUT2D eigenvalue weighted by Gasteiger charge is 2.22. The summed E-state index contributed by atoms with van der Waals surface area (Å²) in [6, 6.07) is 15.6. The second-order valence-electron chi connectivity index (χ2n) is 8.12. The average molecular weight is 461 g/mol. The number of hydrogen-bond donors (Lipinski definition) is 1. The third-order valence-electron chi connectivity index (χ3n) is 6.07. The number of ether oxygens (including phenoxy) is 3. The minimum absolute atomic E-state index is 0.182. The molecule has 1 aliphatic rings. The lowest BCUT2D eigenvalue weighted by molar-refractivity contribution is -0.117. The number of fused-ring (bicyclic) bond motifs is 1. The highest BCUT2D eigenvalue weighted by atomic mass is 16.7. The second kappa shape index (κ2) is 9.89. The fraction of sp³-hybridized carbons (Fsp3) is 0.308. The molecule has 0 saturated heterocycles. The van der Waals surface area contributed by atoms with E-state index in [1.54, 1.807) is 7.11 Å². The molecule has 0 unspecified atom stereocenters. The maximum Gasteiger partial charge on any atom is 0.239 e. The Bertz CT molecular complexity index is 1240. The number of rotatable bonds is 8. The summed E-state index contributed by atoms with van der Waals surface area (Å²) in [5.41, 5.74) is 4.06. The molecule has 8 nitrogen and oxygen atoms in total. The van der Waals surface area contributed by atoms with Crippen LogP contribution < -0.4 is 19.5 Å². The minimum Gasteiger partial charge on any atom is -0.497 e. The number of likely N-dealkylation sites (N-methyl/N-ethyl adjacent to an activating group) is 1. The molecule has 4 rings (SSSR count). The fourth-order valence-electron chi connectivity index (χ4n) is 4.07. The number of amides is 1. The maximum atomic E-state index is 13.1. The van der Waals surface area contributed by atoms with Crippen LogP contribution in [0.3, 0.4) is 0 Å². The van der Waals surface area contributed by atoms with Crippen LogP contribution in [0.5, 0.6) is 17.2 Å². The Kier molecular flexibility index (Phi) is 6.75. The van der Waals surface area contributed by atoms with E-state index >= 15 is 0 Å². The van der Waals surface area contributed by atoms with Crippen molar-refractivity contribution >= 4 is 11.7 Å². The first-order valence-electron chi connectivity index (χ1n) is 11.1. The molecule has 34 heavy (non-hydrogen) atoms. The SMILES string of the molecule is CCN(CC(=O)Nc1c(C#N)c(C)c(C)n1-c1ccc(OC)cc1)Cc1ccc2c(c1)OCO2. The van der Waals surface area contributed by atoms with Crippen molar-refractivity contribution in [2.45, 2.75) is 27.3 Å². The van der Waals surface area contributed by atoms with Gasteiger partial charge in [-0.05, 0) is 67.9 Å². The molecule has 176 valence electrons. The van der Waals surface area contributed by atoms with Crippen molar-refractivity contribution in [1.82, 2.24) is 9.47 Å². The first kappa shape index (κ1) is 23.2. The van der Waals surface area contributed by atoms with Gasteiger partial charge < -0.3 is 19.5 Å². The number of nitrogens with zero attached hydrogens (tertiary/aromatic N) is 3. The number of carbonyl (C=O) groups excluding carboxylic acids is 1. The molecular weight excluding hydrogens is 432 g/mol. The molecule has 0 fully saturated rings. The highest BCUT2D eigenvalue weighted by Crippen LogP contribution is 2.33. The zero-order chi connectivity index (χ0) is 24.2. The molecule has 0 radical (unpaired) electrons. The molecule has 0 aliphatic carbocycles. The number of nitriles is 1. The standard InChI is InChI=1S/C26H28N4O4/c1-5-29(14-19-6-11-23-24(12-19)34-16-33-23)15-25(31)28-26-22(13-27)17(2)18(3)30(26)20-7-9-21(32-4)10-8-20/h6-12H,5,14-16H2,1-4H3,(H,28,31). The smallest absolute Gasteiger partial charge is 0.239 e. The first-order valence-corrected chi connectivity index (χ1v) is 11.1. The van der Waals surface area contributed by atoms with Crippen molar-refractivity contribution < 1.29 is 19.0 Å². The number of nitrogens with one attached hydrogen (secondary N) is 1. The summed E-state index contributed by atoms with van der Waals surface area (Å²) < 4.78 is 18.0. The molecule has 2 heterocycles. The van der Waals surface area contributed by atoms with E-state index in [1.807, 2.05) is 72.7 Å². The van der Waals surface area contributed by atoms with Gasteiger partial charge in [-0.15, -0.1) is 0 Å². The molecule has 8 heteroatoms. The van der Waals surface area contributed by atoms with Crippen LogP contribution in [0, 0.1) is 25.2 Å². The van der Waals surface area contributed by atoms with Gasteiger partial charge in [0.15, 0.2) is 11.5 Å². The van der Waals surface area contributed by atoms with Gasteiger partial charge >= 0.3 is 0 Å². The monoisotopic (exact) mass is 460 g/mol. The Balaban J connectivity index is 1.54. The summed E-state index contributed by atoms with van der Waals surface area (Å²) in [6.07, 6.45) is 0. The van der Waals surface area contributed by atoms with E-state index in [1.165, 1.54) is 0 Å². The molecule has 3 aromatic rings. The van der Waals surface area contributed by atoms with Crippen LogP contribution >= 0.6 is 0 Å². The summed E-state index contributed by atoms with van der Waals surface area (Å²) >= 11 is 0. The third kappa shape index (κ3) is 4.56. The Morgan fingerprint density at radius 3 is 2.59 bits per heavy atom. The molecule has 0 bridgehead atoms.